The molecule has 0 N–H and O–H groups in total. The lowest BCUT2D eigenvalue weighted by Gasteiger charge is -2.25. The smallest absolute Gasteiger partial charge is 0.236 e. The van der Waals surface area contributed by atoms with E-state index in [-0.39, 0.29) is 0 Å². The van der Waals surface area contributed by atoms with Gasteiger partial charge in [0.2, 0.25) is 6.17 Å². The van der Waals surface area contributed by atoms with Crippen molar-refractivity contribution in [1.29, 1.82) is 0 Å². The summed E-state index contributed by atoms with van der Waals surface area (Å²) in [6.07, 6.45) is -7.80. The summed E-state index contributed by atoms with van der Waals surface area (Å²) in [5.41, 5.74) is 0. The maximum Gasteiger partial charge on any atom is 0.372 e. The highest BCUT2D eigenvalue weighted by molar-refractivity contribution is 6.32. The molecule has 0 nitrogen and oxygen atoms in total. The van der Waals surface area contributed by atoms with E-state index in [1.807, 2.05) is 0 Å². The number of halogens is 8. The van der Waals surface area contributed by atoms with Gasteiger partial charge in [-0.15, -0.1) is 0 Å². The summed E-state index contributed by atoms with van der Waals surface area (Å²) < 4.78 is 70.6. The fourth-order valence-electron chi connectivity index (χ4n) is 0.315. The Bertz CT molecular complexity index is 152. The minimum absolute atomic E-state index is 3.84. The van der Waals surface area contributed by atoms with E-state index >= 15 is 0 Å². The Morgan fingerprint density at radius 3 is 1.33 bits per heavy atom. The molecule has 0 aromatic heterocycles. The number of hydrogen-bond donors (Lipinski definition) is 0. The van der Waals surface area contributed by atoms with Gasteiger partial charge in [0.05, 0.1) is 0 Å². The van der Waals surface area contributed by atoms with E-state index in [0.717, 1.165) is 0 Å². The van der Waals surface area contributed by atoms with Crippen LogP contribution in [0.2, 0.25) is 0 Å². The topological polar surface area (TPSA) is 0 Å². The maximum atomic E-state index is 12.3. The van der Waals surface area contributed by atoms with Crippen molar-refractivity contribution < 1.29 is 26.3 Å². The van der Waals surface area contributed by atoms with Crippen LogP contribution in [-0.4, -0.2) is 23.1 Å². The molecule has 2 unspecified atom stereocenters. The van der Waals surface area contributed by atoms with Crippen LogP contribution in [0.15, 0.2) is 0 Å². The molecule has 0 aromatic carbocycles. The molecule has 0 rings (SSSR count). The van der Waals surface area contributed by atoms with Crippen molar-refractivity contribution in [2.75, 3.05) is 0 Å². The molecule has 2 atom stereocenters. The van der Waals surface area contributed by atoms with Crippen LogP contribution in [0.4, 0.5) is 26.3 Å². The molecule has 0 spiro atoms. The van der Waals surface area contributed by atoms with Crippen molar-refractivity contribution >= 4 is 23.2 Å². The predicted octanol–water partition coefficient (Wildman–Crippen LogP) is 3.33. The molecule has 8 heteroatoms. The van der Waals surface area contributed by atoms with Gasteiger partial charge in [-0.2, -0.15) is 8.78 Å². The second kappa shape index (κ2) is 3.49. The predicted molar refractivity (Wildman–Crippen MR) is 31.4 cm³/mol. The zero-order valence-corrected chi connectivity index (χ0v) is 6.69. The van der Waals surface area contributed by atoms with Gasteiger partial charge >= 0.3 is 5.38 Å². The van der Waals surface area contributed by atoms with E-state index in [0.29, 0.717) is 0 Å². The van der Waals surface area contributed by atoms with Crippen molar-refractivity contribution in [2.24, 2.45) is 0 Å². The Morgan fingerprint density at radius 2 is 1.25 bits per heavy atom. The second-order valence-corrected chi connectivity index (χ2v) is 2.88. The van der Waals surface area contributed by atoms with Crippen molar-refractivity contribution in [3.63, 3.8) is 0 Å². The van der Waals surface area contributed by atoms with Gasteiger partial charge in [-0.25, -0.2) is 17.6 Å². The molecule has 0 bridgehead atoms. The summed E-state index contributed by atoms with van der Waals surface area (Å²) in [7, 11) is 0. The van der Waals surface area contributed by atoms with Crippen molar-refractivity contribution in [3.8, 4) is 0 Å². The Kier molecular flexibility index (Phi) is 3.54. The van der Waals surface area contributed by atoms with E-state index in [9.17, 15) is 26.3 Å². The fraction of sp³-hybridized carbons (Fsp3) is 1.00. The van der Waals surface area contributed by atoms with Crippen LogP contribution in [0.3, 0.4) is 0 Å². The number of rotatable bonds is 3. The zero-order valence-electron chi connectivity index (χ0n) is 5.18. The lowest BCUT2D eigenvalue weighted by Crippen LogP contribution is -2.46. The highest BCUT2D eigenvalue weighted by Crippen LogP contribution is 2.44. The largest absolute Gasteiger partial charge is 0.372 e. The minimum atomic E-state index is -4.88. The second-order valence-electron chi connectivity index (χ2n) is 1.86. The summed E-state index contributed by atoms with van der Waals surface area (Å²) in [5, 5.41) is -9.48. The summed E-state index contributed by atoms with van der Waals surface area (Å²) in [4.78, 5) is 0. The van der Waals surface area contributed by atoms with Crippen molar-refractivity contribution in [1.82, 2.24) is 0 Å². The first-order valence-electron chi connectivity index (χ1n) is 2.47. The van der Waals surface area contributed by atoms with E-state index in [2.05, 4.69) is 23.2 Å². The quantitative estimate of drug-likeness (QED) is 0.519. The third-order valence-corrected chi connectivity index (χ3v) is 1.76. The Labute approximate surface area is 73.4 Å². The average Bonchev–Trinajstić information content (AvgIpc) is 1.83. The molecule has 0 radical (unpaired) electrons. The molecule has 0 fully saturated rings. The molecular weight excluding hydrogens is 233 g/mol. The molecule has 12 heavy (non-hydrogen) atoms. The number of alkyl halides is 8. The van der Waals surface area contributed by atoms with Gasteiger partial charge in [-0.05, 0) is 11.6 Å². The normalized spacial score (nSPS) is 20.8. The van der Waals surface area contributed by atoms with Gasteiger partial charge < -0.3 is 0 Å². The summed E-state index contributed by atoms with van der Waals surface area (Å²) in [5.74, 6) is 0. The minimum Gasteiger partial charge on any atom is -0.236 e. The third kappa shape index (κ3) is 2.32. The van der Waals surface area contributed by atoms with Gasteiger partial charge in [0.15, 0.2) is 0 Å². The van der Waals surface area contributed by atoms with Crippen LogP contribution in [0, 0.1) is 0 Å². The molecule has 0 aliphatic rings. The van der Waals surface area contributed by atoms with Crippen LogP contribution in [-0.2, 0) is 0 Å². The van der Waals surface area contributed by atoms with Crippen molar-refractivity contribution in [3.05, 3.63) is 0 Å². The average molecular weight is 235 g/mol. The maximum absolute atomic E-state index is 12.3. The van der Waals surface area contributed by atoms with Gasteiger partial charge in [0.1, 0.15) is 0 Å². The standard InChI is InChI=1S/C4H2Cl2F6/c5-3(10,4(6,11)12)1(7)2(8)9/h1-2H. The van der Waals surface area contributed by atoms with Gasteiger partial charge in [-0.3, -0.25) is 0 Å². The van der Waals surface area contributed by atoms with Crippen LogP contribution in [0.5, 0.6) is 0 Å². The zero-order chi connectivity index (χ0) is 10.2. The van der Waals surface area contributed by atoms with E-state index < -0.39 is 23.1 Å². The Hall–Kier alpha value is 0.160. The molecule has 0 aliphatic carbocycles. The molecule has 0 saturated carbocycles. The molecule has 0 saturated heterocycles. The van der Waals surface area contributed by atoms with Gasteiger partial charge in [0.25, 0.3) is 11.6 Å². The van der Waals surface area contributed by atoms with Gasteiger partial charge in [0, 0.05) is 0 Å². The summed E-state index contributed by atoms with van der Waals surface area (Å²) >= 11 is 8.10. The lowest BCUT2D eigenvalue weighted by molar-refractivity contribution is -0.103. The first kappa shape index (κ1) is 12.2. The van der Waals surface area contributed by atoms with E-state index in [1.54, 1.807) is 0 Å². The van der Waals surface area contributed by atoms with Crippen LogP contribution >= 0.6 is 23.2 Å². The molecule has 74 valence electrons. The van der Waals surface area contributed by atoms with Crippen LogP contribution in [0.25, 0.3) is 0 Å². The Balaban J connectivity index is 4.61. The molecule has 0 aromatic rings. The van der Waals surface area contributed by atoms with Gasteiger partial charge in [-0.1, -0.05) is 11.6 Å². The summed E-state index contributed by atoms with van der Waals surface area (Å²) in [6.45, 7) is 0. The highest BCUT2D eigenvalue weighted by Gasteiger charge is 2.61. The third-order valence-electron chi connectivity index (χ3n) is 0.946. The first-order valence-corrected chi connectivity index (χ1v) is 3.23. The molecule has 0 aliphatic heterocycles. The van der Waals surface area contributed by atoms with Crippen molar-refractivity contribution in [2.45, 2.75) is 23.1 Å². The van der Waals surface area contributed by atoms with E-state index in [4.69, 9.17) is 0 Å². The highest BCUT2D eigenvalue weighted by atomic mass is 35.5. The molecular formula is C4H2Cl2F6. The van der Waals surface area contributed by atoms with E-state index in [1.165, 1.54) is 0 Å². The van der Waals surface area contributed by atoms with Crippen LogP contribution in [0.1, 0.15) is 0 Å². The lowest BCUT2D eigenvalue weighted by atomic mass is 10.2. The first-order chi connectivity index (χ1) is 5.10. The fourth-order valence-corrected chi connectivity index (χ4v) is 0.514. The summed E-state index contributed by atoms with van der Waals surface area (Å²) in [6, 6.07) is 0. The SMILES string of the molecule is FC(F)C(F)C(F)(Cl)C(F)(F)Cl. The molecule has 0 amide bonds. The Morgan fingerprint density at radius 1 is 0.917 bits per heavy atom. The monoisotopic (exact) mass is 234 g/mol. The molecule has 0 heterocycles. The van der Waals surface area contributed by atoms with Crippen LogP contribution < -0.4 is 0 Å². The number of hydrogen-bond acceptors (Lipinski definition) is 0.